The molecule has 2 rings (SSSR count). The molecular formula is C16H23NO2. The van der Waals surface area contributed by atoms with Crippen LogP contribution in [0.5, 0.6) is 0 Å². The van der Waals surface area contributed by atoms with Crippen LogP contribution in [0.15, 0.2) is 30.3 Å². The molecule has 104 valence electrons. The summed E-state index contributed by atoms with van der Waals surface area (Å²) in [6.45, 7) is 4.39. The Bertz CT molecular complexity index is 428. The van der Waals surface area contributed by atoms with Crippen molar-refractivity contribution in [3.05, 3.63) is 35.9 Å². The predicted octanol–water partition coefficient (Wildman–Crippen LogP) is 2.81. The zero-order valence-electron chi connectivity index (χ0n) is 11.7. The van der Waals surface area contributed by atoms with Gasteiger partial charge in [0, 0.05) is 6.04 Å². The average Bonchev–Trinajstić information content (AvgIpc) is 2.69. The summed E-state index contributed by atoms with van der Waals surface area (Å²) in [5.74, 6) is -0.0590. The van der Waals surface area contributed by atoms with Gasteiger partial charge in [-0.1, -0.05) is 50.6 Å². The third kappa shape index (κ3) is 3.57. The monoisotopic (exact) mass is 261 g/mol. The third-order valence-corrected chi connectivity index (χ3v) is 4.16. The third-order valence-electron chi connectivity index (χ3n) is 4.16. The van der Waals surface area contributed by atoms with Crippen molar-refractivity contribution in [2.45, 2.75) is 51.7 Å². The highest BCUT2D eigenvalue weighted by atomic mass is 16.3. The van der Waals surface area contributed by atoms with Gasteiger partial charge in [0.2, 0.25) is 5.91 Å². The van der Waals surface area contributed by atoms with E-state index in [9.17, 15) is 9.90 Å². The first-order valence-electron chi connectivity index (χ1n) is 7.01. The molecule has 1 aromatic rings. The number of nitrogens with one attached hydrogen (secondary N) is 1. The van der Waals surface area contributed by atoms with Crippen LogP contribution in [0.4, 0.5) is 0 Å². The van der Waals surface area contributed by atoms with Crippen LogP contribution < -0.4 is 5.32 Å². The van der Waals surface area contributed by atoms with Gasteiger partial charge in [-0.05, 0) is 23.8 Å². The van der Waals surface area contributed by atoms with Gasteiger partial charge in [0.15, 0.2) is 0 Å². The normalized spacial score (nSPS) is 23.0. The Balaban J connectivity index is 1.88. The largest absolute Gasteiger partial charge is 0.388 e. The van der Waals surface area contributed by atoms with Gasteiger partial charge in [0.25, 0.3) is 0 Å². The maximum atomic E-state index is 12.0. The number of carbonyl (C=O) groups excluding carboxylic acids is 1. The second kappa shape index (κ2) is 5.74. The van der Waals surface area contributed by atoms with Crippen LogP contribution in [0.1, 0.15) is 51.2 Å². The number of hydrogen-bond acceptors (Lipinski definition) is 2. The maximum absolute atomic E-state index is 12.0. The van der Waals surface area contributed by atoms with E-state index in [0.29, 0.717) is 0 Å². The molecule has 0 radical (unpaired) electrons. The van der Waals surface area contributed by atoms with Crippen LogP contribution in [-0.2, 0) is 4.79 Å². The summed E-state index contributed by atoms with van der Waals surface area (Å²) in [6.07, 6.45) is 2.78. The molecule has 1 aromatic carbocycles. The first kappa shape index (κ1) is 14.1. The van der Waals surface area contributed by atoms with Crippen LogP contribution in [0, 0.1) is 5.41 Å². The highest BCUT2D eigenvalue weighted by Crippen LogP contribution is 2.37. The molecule has 0 bridgehead atoms. The van der Waals surface area contributed by atoms with Crippen LogP contribution in [0.2, 0.25) is 0 Å². The molecule has 1 saturated carbocycles. The molecular weight excluding hydrogens is 238 g/mol. The second-order valence-electron chi connectivity index (χ2n) is 6.13. The molecule has 2 N–H and O–H groups in total. The average molecular weight is 261 g/mol. The van der Waals surface area contributed by atoms with Crippen LogP contribution in [-0.4, -0.2) is 17.1 Å². The topological polar surface area (TPSA) is 49.3 Å². The summed E-state index contributed by atoms with van der Waals surface area (Å²) in [6, 6.07) is 9.57. The summed E-state index contributed by atoms with van der Waals surface area (Å²) in [7, 11) is 0. The molecule has 3 nitrogen and oxygen atoms in total. The van der Waals surface area contributed by atoms with E-state index in [0.717, 1.165) is 18.4 Å². The molecule has 2 unspecified atom stereocenters. The van der Waals surface area contributed by atoms with Gasteiger partial charge in [-0.25, -0.2) is 0 Å². The van der Waals surface area contributed by atoms with E-state index in [1.165, 1.54) is 6.42 Å². The number of aliphatic hydroxyl groups excluding tert-OH is 1. The van der Waals surface area contributed by atoms with Gasteiger partial charge < -0.3 is 10.4 Å². The number of hydrogen-bond donors (Lipinski definition) is 2. The minimum Gasteiger partial charge on any atom is -0.388 e. The zero-order valence-corrected chi connectivity index (χ0v) is 11.7. The maximum Gasteiger partial charge on any atom is 0.223 e. The van der Waals surface area contributed by atoms with E-state index in [-0.39, 0.29) is 23.8 Å². The molecule has 2 atom stereocenters. The van der Waals surface area contributed by atoms with Crippen molar-refractivity contribution in [3.8, 4) is 0 Å². The summed E-state index contributed by atoms with van der Waals surface area (Å²) in [5.41, 5.74) is 0.969. The highest BCUT2D eigenvalue weighted by Gasteiger charge is 2.35. The fraction of sp³-hybridized carbons (Fsp3) is 0.562. The Morgan fingerprint density at radius 2 is 2.11 bits per heavy atom. The lowest BCUT2D eigenvalue weighted by Gasteiger charge is -2.28. The minimum absolute atomic E-state index is 0.0590. The molecule has 1 aliphatic carbocycles. The van der Waals surface area contributed by atoms with E-state index in [2.05, 4.69) is 19.2 Å². The first-order valence-corrected chi connectivity index (χ1v) is 7.01. The summed E-state index contributed by atoms with van der Waals surface area (Å²) in [4.78, 5) is 12.0. The van der Waals surface area contributed by atoms with Crippen LogP contribution in [0.25, 0.3) is 0 Å². The number of benzene rings is 1. The van der Waals surface area contributed by atoms with Crippen molar-refractivity contribution < 1.29 is 9.90 Å². The van der Waals surface area contributed by atoms with Gasteiger partial charge in [-0.3, -0.25) is 4.79 Å². The number of rotatable bonds is 4. The lowest BCUT2D eigenvalue weighted by Crippen LogP contribution is -2.41. The van der Waals surface area contributed by atoms with E-state index in [4.69, 9.17) is 0 Å². The lowest BCUT2D eigenvalue weighted by atomic mass is 9.87. The quantitative estimate of drug-likeness (QED) is 0.875. The zero-order chi connectivity index (χ0) is 13.9. The minimum atomic E-state index is -0.717. The molecule has 0 aromatic heterocycles. The second-order valence-corrected chi connectivity index (χ2v) is 6.13. The Labute approximate surface area is 115 Å². The molecule has 1 fully saturated rings. The van der Waals surface area contributed by atoms with E-state index >= 15 is 0 Å². The van der Waals surface area contributed by atoms with Crippen LogP contribution in [0.3, 0.4) is 0 Å². The van der Waals surface area contributed by atoms with Gasteiger partial charge in [0.1, 0.15) is 0 Å². The van der Waals surface area contributed by atoms with E-state index in [1.807, 2.05) is 30.3 Å². The van der Waals surface area contributed by atoms with Crippen molar-refractivity contribution in [3.63, 3.8) is 0 Å². The van der Waals surface area contributed by atoms with Crippen LogP contribution >= 0.6 is 0 Å². The number of amides is 1. The Morgan fingerprint density at radius 1 is 1.42 bits per heavy atom. The van der Waals surface area contributed by atoms with Gasteiger partial charge in [-0.2, -0.15) is 0 Å². The molecule has 19 heavy (non-hydrogen) atoms. The smallest absolute Gasteiger partial charge is 0.223 e. The molecule has 1 aliphatic rings. The van der Waals surface area contributed by atoms with E-state index < -0.39 is 6.10 Å². The SMILES string of the molecule is CC1(C)CCCC1NC(=O)CC(O)c1ccccc1. The van der Waals surface area contributed by atoms with Crippen molar-refractivity contribution in [2.75, 3.05) is 0 Å². The lowest BCUT2D eigenvalue weighted by molar-refractivity contribution is -0.124. The van der Waals surface area contributed by atoms with Crippen molar-refractivity contribution in [1.82, 2.24) is 5.32 Å². The predicted molar refractivity (Wildman–Crippen MR) is 75.6 cm³/mol. The van der Waals surface area contributed by atoms with Gasteiger partial charge in [-0.15, -0.1) is 0 Å². The number of aliphatic hydroxyl groups is 1. The molecule has 0 saturated heterocycles. The Kier molecular flexibility index (Phi) is 4.25. The molecule has 1 amide bonds. The summed E-state index contributed by atoms with van der Waals surface area (Å²) < 4.78 is 0. The summed E-state index contributed by atoms with van der Waals surface area (Å²) in [5, 5.41) is 13.1. The van der Waals surface area contributed by atoms with Gasteiger partial charge >= 0.3 is 0 Å². The molecule has 0 heterocycles. The molecule has 0 spiro atoms. The standard InChI is InChI=1S/C16H23NO2/c1-16(2)10-6-9-14(16)17-15(19)11-13(18)12-7-4-3-5-8-12/h3-5,7-8,13-14,18H,6,9-11H2,1-2H3,(H,17,19). The summed E-state index contributed by atoms with van der Waals surface area (Å²) >= 11 is 0. The number of carbonyl (C=O) groups is 1. The Hall–Kier alpha value is -1.35. The van der Waals surface area contributed by atoms with Crippen molar-refractivity contribution in [2.24, 2.45) is 5.41 Å². The first-order chi connectivity index (χ1) is 8.99. The Morgan fingerprint density at radius 3 is 2.68 bits per heavy atom. The van der Waals surface area contributed by atoms with Crippen molar-refractivity contribution >= 4 is 5.91 Å². The fourth-order valence-corrected chi connectivity index (χ4v) is 2.82. The van der Waals surface area contributed by atoms with E-state index in [1.54, 1.807) is 0 Å². The highest BCUT2D eigenvalue weighted by molar-refractivity contribution is 5.77. The van der Waals surface area contributed by atoms with Gasteiger partial charge in [0.05, 0.1) is 12.5 Å². The van der Waals surface area contributed by atoms with Crippen molar-refractivity contribution in [1.29, 1.82) is 0 Å². The fourth-order valence-electron chi connectivity index (χ4n) is 2.82. The molecule has 0 aliphatic heterocycles. The molecule has 3 heteroatoms.